The highest BCUT2D eigenvalue weighted by atomic mass is 32.2. The number of hydrogen-bond acceptors (Lipinski definition) is 5. The van der Waals surface area contributed by atoms with E-state index in [9.17, 15) is 0 Å². The highest BCUT2D eigenvalue weighted by Crippen LogP contribution is 2.26. The molecule has 23 heavy (non-hydrogen) atoms. The smallest absolute Gasteiger partial charge is 0.126 e. The van der Waals surface area contributed by atoms with E-state index >= 15 is 0 Å². The Morgan fingerprint density at radius 1 is 1.13 bits per heavy atom. The fourth-order valence-corrected chi connectivity index (χ4v) is 4.76. The summed E-state index contributed by atoms with van der Waals surface area (Å²) < 4.78 is 0. The van der Waals surface area contributed by atoms with Gasteiger partial charge in [0.05, 0.1) is 0 Å². The van der Waals surface area contributed by atoms with Crippen molar-refractivity contribution in [3.63, 3.8) is 0 Å². The molecule has 4 nitrogen and oxygen atoms in total. The molecule has 2 saturated heterocycles. The Bertz CT molecular complexity index is 468. The molecule has 128 valence electrons. The second kappa shape index (κ2) is 8.27. The van der Waals surface area contributed by atoms with Gasteiger partial charge in [0, 0.05) is 42.3 Å². The molecule has 3 atom stereocenters. The Kier molecular flexibility index (Phi) is 6.08. The predicted octanol–water partition coefficient (Wildman–Crippen LogP) is 3.08. The molecular weight excluding hydrogens is 304 g/mol. The van der Waals surface area contributed by atoms with Crippen LogP contribution in [-0.4, -0.2) is 43.0 Å². The predicted molar refractivity (Wildman–Crippen MR) is 102 cm³/mol. The summed E-state index contributed by atoms with van der Waals surface area (Å²) in [4.78, 5) is 2.37. The number of benzene rings is 1. The molecule has 2 fully saturated rings. The van der Waals surface area contributed by atoms with E-state index in [1.54, 1.807) is 0 Å². The van der Waals surface area contributed by atoms with Gasteiger partial charge < -0.3 is 15.5 Å². The lowest BCUT2D eigenvalue weighted by Crippen LogP contribution is -2.50. The monoisotopic (exact) mass is 334 g/mol. The standard InChI is InChI=1S/C18H30N4S/c1-3-22(4-2)15-10-8-14(9-11-15)20-18-21-17(13-23-18)16-7-5-6-12-19-16/h8-11,16-21H,3-7,12-13H2,1-2H3. The maximum atomic E-state index is 3.75. The van der Waals surface area contributed by atoms with Gasteiger partial charge in [0.2, 0.25) is 0 Å². The zero-order valence-electron chi connectivity index (χ0n) is 14.3. The van der Waals surface area contributed by atoms with Crippen molar-refractivity contribution in [1.82, 2.24) is 10.6 Å². The van der Waals surface area contributed by atoms with Crippen LogP contribution in [0.25, 0.3) is 0 Å². The van der Waals surface area contributed by atoms with Crippen molar-refractivity contribution in [2.45, 2.75) is 50.7 Å². The maximum absolute atomic E-state index is 3.75. The van der Waals surface area contributed by atoms with Crippen molar-refractivity contribution in [3.8, 4) is 0 Å². The van der Waals surface area contributed by atoms with Gasteiger partial charge in [-0.25, -0.2) is 0 Å². The van der Waals surface area contributed by atoms with E-state index in [2.05, 4.69) is 59.0 Å². The summed E-state index contributed by atoms with van der Waals surface area (Å²) in [6, 6.07) is 10.1. The van der Waals surface area contributed by atoms with E-state index in [4.69, 9.17) is 0 Å². The first kappa shape index (κ1) is 16.9. The Balaban J connectivity index is 1.51. The second-order valence-corrected chi connectivity index (χ2v) is 7.54. The summed E-state index contributed by atoms with van der Waals surface area (Å²) in [6.07, 6.45) is 4.01. The molecule has 5 heteroatoms. The van der Waals surface area contributed by atoms with Crippen molar-refractivity contribution in [2.24, 2.45) is 0 Å². The van der Waals surface area contributed by atoms with Crippen molar-refractivity contribution >= 4 is 23.1 Å². The summed E-state index contributed by atoms with van der Waals surface area (Å²) in [5, 5.41) is 11.0. The van der Waals surface area contributed by atoms with E-state index in [1.165, 1.54) is 42.9 Å². The fourth-order valence-electron chi connectivity index (χ4n) is 3.54. The summed E-state index contributed by atoms with van der Waals surface area (Å²) in [5.41, 5.74) is 2.82. The Hall–Kier alpha value is -0.910. The number of nitrogens with zero attached hydrogens (tertiary/aromatic N) is 1. The summed E-state index contributed by atoms with van der Waals surface area (Å²) in [7, 11) is 0. The molecule has 1 aromatic carbocycles. The zero-order valence-corrected chi connectivity index (χ0v) is 15.2. The molecule has 3 unspecified atom stereocenters. The molecule has 0 spiro atoms. The SMILES string of the molecule is CCN(CC)c1ccc(NC2NC(C3CCCCN3)CS2)cc1. The third-order valence-electron chi connectivity index (χ3n) is 4.94. The lowest BCUT2D eigenvalue weighted by atomic mass is 9.99. The molecule has 0 saturated carbocycles. The lowest BCUT2D eigenvalue weighted by molar-refractivity contribution is 0.335. The lowest BCUT2D eigenvalue weighted by Gasteiger charge is -2.29. The molecule has 0 radical (unpaired) electrons. The van der Waals surface area contributed by atoms with Crippen LogP contribution in [-0.2, 0) is 0 Å². The van der Waals surface area contributed by atoms with Crippen LogP contribution in [0.1, 0.15) is 33.1 Å². The van der Waals surface area contributed by atoms with Gasteiger partial charge >= 0.3 is 0 Å². The molecule has 3 N–H and O–H groups in total. The van der Waals surface area contributed by atoms with Gasteiger partial charge in [-0.3, -0.25) is 5.32 Å². The van der Waals surface area contributed by atoms with Crippen LogP contribution >= 0.6 is 11.8 Å². The van der Waals surface area contributed by atoms with Gasteiger partial charge in [-0.05, 0) is 57.5 Å². The molecule has 0 aliphatic carbocycles. The van der Waals surface area contributed by atoms with Gasteiger partial charge in [0.25, 0.3) is 0 Å². The van der Waals surface area contributed by atoms with E-state index in [-0.39, 0.29) is 0 Å². The number of thioether (sulfide) groups is 1. The van der Waals surface area contributed by atoms with E-state index in [0.717, 1.165) is 13.1 Å². The molecule has 2 heterocycles. The molecule has 0 amide bonds. The number of anilines is 2. The van der Waals surface area contributed by atoms with Crippen molar-refractivity contribution in [1.29, 1.82) is 0 Å². The number of piperidine rings is 1. The first-order valence-electron chi connectivity index (χ1n) is 9.02. The topological polar surface area (TPSA) is 39.3 Å². The van der Waals surface area contributed by atoms with Gasteiger partial charge in [0.15, 0.2) is 0 Å². The average Bonchev–Trinajstić information content (AvgIpc) is 3.07. The normalized spacial score (nSPS) is 27.8. The van der Waals surface area contributed by atoms with Crippen molar-refractivity contribution < 1.29 is 0 Å². The fraction of sp³-hybridized carbons (Fsp3) is 0.667. The van der Waals surface area contributed by atoms with Crippen molar-refractivity contribution in [3.05, 3.63) is 24.3 Å². The van der Waals surface area contributed by atoms with Crippen LogP contribution in [0.2, 0.25) is 0 Å². The highest BCUT2D eigenvalue weighted by molar-refractivity contribution is 8.00. The van der Waals surface area contributed by atoms with Crippen LogP contribution in [0.3, 0.4) is 0 Å². The third kappa shape index (κ3) is 4.34. The molecule has 2 aliphatic heterocycles. The van der Waals surface area contributed by atoms with Gasteiger partial charge in [-0.1, -0.05) is 6.42 Å². The molecule has 3 rings (SSSR count). The van der Waals surface area contributed by atoms with Gasteiger partial charge in [0.1, 0.15) is 5.50 Å². The van der Waals surface area contributed by atoms with Gasteiger partial charge in [-0.15, -0.1) is 11.8 Å². The Morgan fingerprint density at radius 3 is 2.57 bits per heavy atom. The van der Waals surface area contributed by atoms with Crippen LogP contribution in [0.5, 0.6) is 0 Å². The first-order chi connectivity index (χ1) is 11.3. The largest absolute Gasteiger partial charge is 0.372 e. The van der Waals surface area contributed by atoms with Crippen LogP contribution < -0.4 is 20.9 Å². The van der Waals surface area contributed by atoms with Gasteiger partial charge in [-0.2, -0.15) is 0 Å². The second-order valence-electron chi connectivity index (χ2n) is 6.41. The van der Waals surface area contributed by atoms with Crippen LogP contribution in [0, 0.1) is 0 Å². The molecule has 1 aromatic rings. The van der Waals surface area contributed by atoms with Crippen LogP contribution in [0.15, 0.2) is 24.3 Å². The molecule has 0 aromatic heterocycles. The van der Waals surface area contributed by atoms with Crippen LogP contribution in [0.4, 0.5) is 11.4 Å². The van der Waals surface area contributed by atoms with E-state index in [0.29, 0.717) is 17.6 Å². The summed E-state index contributed by atoms with van der Waals surface area (Å²) in [6.45, 7) is 7.69. The molecule has 0 bridgehead atoms. The number of hydrogen-bond donors (Lipinski definition) is 3. The summed E-state index contributed by atoms with van der Waals surface area (Å²) in [5.74, 6) is 1.19. The summed E-state index contributed by atoms with van der Waals surface area (Å²) >= 11 is 1.99. The Labute approximate surface area is 144 Å². The van der Waals surface area contributed by atoms with E-state index in [1.807, 2.05) is 11.8 Å². The molecule has 2 aliphatic rings. The zero-order chi connectivity index (χ0) is 16.1. The minimum Gasteiger partial charge on any atom is -0.372 e. The average molecular weight is 335 g/mol. The quantitative estimate of drug-likeness (QED) is 0.746. The number of nitrogens with one attached hydrogen (secondary N) is 3. The number of rotatable bonds is 6. The maximum Gasteiger partial charge on any atom is 0.126 e. The minimum absolute atomic E-state index is 0.322. The van der Waals surface area contributed by atoms with Crippen molar-refractivity contribution in [2.75, 3.05) is 35.6 Å². The van der Waals surface area contributed by atoms with E-state index < -0.39 is 0 Å². The third-order valence-corrected chi connectivity index (χ3v) is 6.07. The first-order valence-corrected chi connectivity index (χ1v) is 10.1. The molecular formula is C18H30N4S. The minimum atomic E-state index is 0.322. The Morgan fingerprint density at radius 2 is 1.91 bits per heavy atom. The highest BCUT2D eigenvalue weighted by Gasteiger charge is 2.31.